The zero-order valence-corrected chi connectivity index (χ0v) is 15.1. The Balaban J connectivity index is 1.74. The topological polar surface area (TPSA) is 57.2 Å². The van der Waals surface area contributed by atoms with E-state index in [2.05, 4.69) is 0 Å². The maximum absolute atomic E-state index is 12.3. The first-order valence-corrected chi connectivity index (χ1v) is 9.15. The van der Waals surface area contributed by atoms with Crippen molar-refractivity contribution in [3.8, 4) is 17.2 Å². The van der Waals surface area contributed by atoms with Crippen LogP contribution in [0.1, 0.15) is 31.2 Å². The molecule has 1 fully saturated rings. The summed E-state index contributed by atoms with van der Waals surface area (Å²) in [5, 5.41) is -0.0278. The maximum Gasteiger partial charge on any atom is 0.233 e. The Labute approximate surface area is 146 Å². The summed E-state index contributed by atoms with van der Waals surface area (Å²) in [6.45, 7) is 5.56. The summed E-state index contributed by atoms with van der Waals surface area (Å²) in [6.07, 6.45) is 1.03. The highest BCUT2D eigenvalue weighted by Gasteiger charge is 2.34. The summed E-state index contributed by atoms with van der Waals surface area (Å²) in [5.41, 5.74) is 0.997. The number of ether oxygens (including phenoxy) is 4. The third kappa shape index (κ3) is 3.57. The van der Waals surface area contributed by atoms with Crippen LogP contribution in [0.2, 0.25) is 0 Å². The third-order valence-corrected chi connectivity index (χ3v) is 5.18. The molecular weight excluding hydrogens is 330 g/mol. The number of carbonyl (C=O) groups is 1. The van der Waals surface area contributed by atoms with Gasteiger partial charge in [-0.2, -0.15) is 0 Å². The molecule has 7 heteroatoms. The Morgan fingerprint density at radius 1 is 1.38 bits per heavy atom. The summed E-state index contributed by atoms with van der Waals surface area (Å²) in [5.74, 6) is 2.60. The summed E-state index contributed by atoms with van der Waals surface area (Å²) in [7, 11) is 1.61. The van der Waals surface area contributed by atoms with Gasteiger partial charge in [0.2, 0.25) is 18.4 Å². The molecule has 2 aliphatic rings. The fourth-order valence-corrected chi connectivity index (χ4v) is 4.02. The number of benzene rings is 1. The fraction of sp³-hybridized carbons (Fsp3) is 0.588. The molecule has 3 rings (SSSR count). The lowest BCUT2D eigenvalue weighted by molar-refractivity contribution is -0.128. The minimum Gasteiger partial charge on any atom is -0.493 e. The van der Waals surface area contributed by atoms with Crippen LogP contribution in [0.15, 0.2) is 12.1 Å². The van der Waals surface area contributed by atoms with Crippen molar-refractivity contribution in [3.05, 3.63) is 17.7 Å². The molecule has 2 heterocycles. The number of thioether (sulfide) groups is 1. The average Bonchev–Trinajstić information content (AvgIpc) is 3.17. The van der Waals surface area contributed by atoms with Gasteiger partial charge in [0.25, 0.3) is 0 Å². The monoisotopic (exact) mass is 353 g/mol. The second kappa shape index (κ2) is 7.53. The lowest BCUT2D eigenvalue weighted by Crippen LogP contribution is -2.30. The van der Waals surface area contributed by atoms with Crippen molar-refractivity contribution in [3.63, 3.8) is 0 Å². The van der Waals surface area contributed by atoms with E-state index in [-0.39, 0.29) is 24.2 Å². The largest absolute Gasteiger partial charge is 0.493 e. The molecule has 1 unspecified atom stereocenters. The van der Waals surface area contributed by atoms with Crippen LogP contribution >= 0.6 is 11.8 Å². The van der Waals surface area contributed by atoms with Gasteiger partial charge in [-0.05, 0) is 38.0 Å². The Hall–Kier alpha value is -1.60. The van der Waals surface area contributed by atoms with Crippen LogP contribution < -0.4 is 14.2 Å². The highest BCUT2D eigenvalue weighted by molar-refractivity contribution is 8.00. The molecule has 0 bridgehead atoms. The maximum atomic E-state index is 12.3. The van der Waals surface area contributed by atoms with E-state index < -0.39 is 0 Å². The van der Waals surface area contributed by atoms with Crippen LogP contribution in [0.5, 0.6) is 17.2 Å². The number of nitrogens with zero attached hydrogens (tertiary/aromatic N) is 1. The highest BCUT2D eigenvalue weighted by atomic mass is 32.2. The van der Waals surface area contributed by atoms with Gasteiger partial charge in [0, 0.05) is 13.2 Å². The smallest absolute Gasteiger partial charge is 0.233 e. The predicted molar refractivity (Wildman–Crippen MR) is 91.7 cm³/mol. The van der Waals surface area contributed by atoms with Gasteiger partial charge in [-0.1, -0.05) is 0 Å². The van der Waals surface area contributed by atoms with Crippen LogP contribution in [-0.4, -0.2) is 49.7 Å². The molecule has 0 spiro atoms. The Kier molecular flexibility index (Phi) is 5.40. The van der Waals surface area contributed by atoms with E-state index in [4.69, 9.17) is 18.9 Å². The van der Waals surface area contributed by atoms with Gasteiger partial charge < -0.3 is 23.8 Å². The van der Waals surface area contributed by atoms with E-state index in [0.717, 1.165) is 12.0 Å². The number of methoxy groups -OCH3 is 1. The van der Waals surface area contributed by atoms with E-state index in [1.54, 1.807) is 18.9 Å². The normalized spacial score (nSPS) is 19.4. The molecule has 0 aromatic heterocycles. The first kappa shape index (κ1) is 17.2. The molecule has 24 heavy (non-hydrogen) atoms. The van der Waals surface area contributed by atoms with E-state index in [0.29, 0.717) is 36.2 Å². The Morgan fingerprint density at radius 3 is 2.96 bits per heavy atom. The fourth-order valence-electron chi connectivity index (χ4n) is 2.82. The van der Waals surface area contributed by atoms with E-state index >= 15 is 0 Å². The molecule has 2 aliphatic heterocycles. The molecule has 0 saturated carbocycles. The van der Waals surface area contributed by atoms with Crippen LogP contribution in [0.3, 0.4) is 0 Å². The lowest BCUT2D eigenvalue weighted by Gasteiger charge is -2.25. The van der Waals surface area contributed by atoms with Crippen LogP contribution in [0.25, 0.3) is 0 Å². The number of hydrogen-bond donors (Lipinski definition) is 0. The summed E-state index contributed by atoms with van der Waals surface area (Å²) in [6, 6.07) is 3.88. The van der Waals surface area contributed by atoms with Gasteiger partial charge in [-0.15, -0.1) is 11.8 Å². The first-order valence-electron chi connectivity index (χ1n) is 8.10. The van der Waals surface area contributed by atoms with Gasteiger partial charge >= 0.3 is 0 Å². The number of amides is 1. The van der Waals surface area contributed by atoms with E-state index in [1.165, 1.54) is 0 Å². The second-order valence-corrected chi connectivity index (χ2v) is 7.05. The quantitative estimate of drug-likeness (QED) is 0.703. The van der Waals surface area contributed by atoms with Gasteiger partial charge in [-0.3, -0.25) is 4.79 Å². The minimum absolute atomic E-state index is 0.0278. The van der Waals surface area contributed by atoms with Crippen LogP contribution in [-0.2, 0) is 9.53 Å². The molecule has 1 aromatic carbocycles. The number of carbonyl (C=O) groups excluding carboxylic acids is 1. The minimum atomic E-state index is -0.0278. The molecule has 0 N–H and O–H groups in total. The average molecular weight is 353 g/mol. The SMILES string of the molecule is COc1cc(C2SCC(=O)N2CCCOC(C)C)cc2c1OCO2. The van der Waals surface area contributed by atoms with E-state index in [1.807, 2.05) is 30.9 Å². The number of hydrogen-bond acceptors (Lipinski definition) is 6. The second-order valence-electron chi connectivity index (χ2n) is 5.98. The van der Waals surface area contributed by atoms with Crippen molar-refractivity contribution in [1.82, 2.24) is 4.90 Å². The molecule has 132 valence electrons. The zero-order chi connectivity index (χ0) is 17.1. The zero-order valence-electron chi connectivity index (χ0n) is 14.2. The molecule has 1 amide bonds. The summed E-state index contributed by atoms with van der Waals surface area (Å²) >= 11 is 1.62. The molecular formula is C17H23NO5S. The van der Waals surface area contributed by atoms with Gasteiger partial charge in [0.15, 0.2) is 11.5 Å². The first-order chi connectivity index (χ1) is 11.6. The standard InChI is InChI=1S/C17H23NO5S/c1-11(2)21-6-4-5-18-15(19)9-24-17(18)12-7-13(20-3)16-14(8-12)22-10-23-16/h7-8,11,17H,4-6,9-10H2,1-3H3. The third-order valence-electron chi connectivity index (χ3n) is 3.93. The molecule has 1 saturated heterocycles. The molecule has 1 atom stereocenters. The Morgan fingerprint density at radius 2 is 2.21 bits per heavy atom. The Bertz CT molecular complexity index is 607. The lowest BCUT2D eigenvalue weighted by atomic mass is 10.1. The summed E-state index contributed by atoms with van der Waals surface area (Å²) in [4.78, 5) is 14.2. The molecule has 1 aromatic rings. The highest BCUT2D eigenvalue weighted by Crippen LogP contribution is 2.47. The molecule has 0 aliphatic carbocycles. The van der Waals surface area contributed by atoms with Crippen molar-refractivity contribution < 1.29 is 23.7 Å². The molecule has 0 radical (unpaired) electrons. The van der Waals surface area contributed by atoms with Crippen LogP contribution in [0.4, 0.5) is 0 Å². The van der Waals surface area contributed by atoms with Gasteiger partial charge in [-0.25, -0.2) is 0 Å². The van der Waals surface area contributed by atoms with E-state index in [9.17, 15) is 4.79 Å². The van der Waals surface area contributed by atoms with Crippen molar-refractivity contribution in [2.45, 2.75) is 31.7 Å². The number of fused-ring (bicyclic) bond motifs is 1. The van der Waals surface area contributed by atoms with Crippen molar-refractivity contribution in [2.75, 3.05) is 32.8 Å². The summed E-state index contributed by atoms with van der Waals surface area (Å²) < 4.78 is 21.9. The van der Waals surface area contributed by atoms with Gasteiger partial charge in [0.1, 0.15) is 5.37 Å². The van der Waals surface area contributed by atoms with Crippen molar-refractivity contribution in [1.29, 1.82) is 0 Å². The van der Waals surface area contributed by atoms with Crippen molar-refractivity contribution >= 4 is 17.7 Å². The van der Waals surface area contributed by atoms with Crippen molar-refractivity contribution in [2.24, 2.45) is 0 Å². The predicted octanol–water partition coefficient (Wildman–Crippen LogP) is 2.81. The molecule has 6 nitrogen and oxygen atoms in total. The number of rotatable bonds is 7. The van der Waals surface area contributed by atoms with Crippen LogP contribution in [0, 0.1) is 0 Å². The van der Waals surface area contributed by atoms with Gasteiger partial charge in [0.05, 0.1) is 19.0 Å².